The quantitative estimate of drug-likeness (QED) is 0.347. The van der Waals surface area contributed by atoms with Crippen LogP contribution in [0.15, 0.2) is 41.5 Å². The number of rotatable bonds is 8. The van der Waals surface area contributed by atoms with Crippen LogP contribution >= 0.6 is 0 Å². The van der Waals surface area contributed by atoms with Crippen LogP contribution in [0.2, 0.25) is 0 Å². The molecule has 9 heteroatoms. The number of hydrazone groups is 1. The Morgan fingerprint density at radius 3 is 2.40 bits per heavy atom. The predicted octanol–water partition coefficient (Wildman–Crippen LogP) is 2.34. The van der Waals surface area contributed by atoms with Gasteiger partial charge in [-0.15, -0.1) is 0 Å². The molecule has 160 valence electrons. The maximum atomic E-state index is 12.1. The molecule has 0 fully saturated rings. The van der Waals surface area contributed by atoms with Gasteiger partial charge in [-0.25, -0.2) is 5.43 Å². The fourth-order valence-corrected chi connectivity index (χ4v) is 2.73. The van der Waals surface area contributed by atoms with Crippen molar-refractivity contribution in [2.45, 2.75) is 13.8 Å². The summed E-state index contributed by atoms with van der Waals surface area (Å²) in [5.74, 6) is -1.02. The normalized spacial score (nSPS) is 10.5. The van der Waals surface area contributed by atoms with Crippen LogP contribution in [0.1, 0.15) is 19.4 Å². The lowest BCUT2D eigenvalue weighted by molar-refractivity contribution is -0.136. The van der Waals surface area contributed by atoms with Crippen molar-refractivity contribution in [1.82, 2.24) is 5.43 Å². The van der Waals surface area contributed by atoms with Gasteiger partial charge in [0.05, 0.1) is 26.1 Å². The van der Waals surface area contributed by atoms with Gasteiger partial charge in [0.1, 0.15) is 17.2 Å². The second kappa shape index (κ2) is 10.7. The minimum atomic E-state index is -0.977. The summed E-state index contributed by atoms with van der Waals surface area (Å²) in [6, 6.07) is 9.95. The van der Waals surface area contributed by atoms with Crippen molar-refractivity contribution in [2.24, 2.45) is 5.10 Å². The van der Waals surface area contributed by atoms with E-state index in [0.29, 0.717) is 17.1 Å². The summed E-state index contributed by atoms with van der Waals surface area (Å²) >= 11 is 0. The van der Waals surface area contributed by atoms with Crippen molar-refractivity contribution in [1.29, 1.82) is 0 Å². The van der Waals surface area contributed by atoms with Crippen LogP contribution in [0, 0.1) is 0 Å². The Kier molecular flexibility index (Phi) is 8.04. The first-order valence-corrected chi connectivity index (χ1v) is 9.37. The average Bonchev–Trinajstić information content (AvgIpc) is 2.75. The molecule has 0 saturated heterocycles. The lowest BCUT2D eigenvalue weighted by atomic mass is 10.2. The van der Waals surface area contributed by atoms with E-state index >= 15 is 0 Å². The van der Waals surface area contributed by atoms with Gasteiger partial charge in [0.15, 0.2) is 0 Å². The van der Waals surface area contributed by atoms with Gasteiger partial charge >= 0.3 is 11.8 Å². The summed E-state index contributed by atoms with van der Waals surface area (Å²) < 4.78 is 10.3. The molecule has 2 aromatic carbocycles. The van der Waals surface area contributed by atoms with Gasteiger partial charge in [-0.3, -0.25) is 9.59 Å². The Balaban J connectivity index is 2.02. The minimum absolute atomic E-state index is 0.0166. The summed E-state index contributed by atoms with van der Waals surface area (Å²) in [6.45, 7) is 5.68. The number of phenolic OH excluding ortho intramolecular Hbond substituents is 1. The smallest absolute Gasteiger partial charge is 0.329 e. The number of phenols is 1. The molecule has 0 aliphatic rings. The third-order valence-electron chi connectivity index (χ3n) is 4.37. The highest BCUT2D eigenvalue weighted by Crippen LogP contribution is 2.28. The van der Waals surface area contributed by atoms with E-state index in [1.54, 1.807) is 24.3 Å². The number of ether oxygens (including phenoxy) is 2. The van der Waals surface area contributed by atoms with Crippen LogP contribution in [0.25, 0.3) is 0 Å². The molecule has 2 aromatic rings. The molecule has 0 unspecified atom stereocenters. The molecule has 0 saturated carbocycles. The molecule has 0 radical (unpaired) electrons. The molecule has 0 aliphatic carbocycles. The van der Waals surface area contributed by atoms with E-state index in [-0.39, 0.29) is 11.4 Å². The van der Waals surface area contributed by atoms with Gasteiger partial charge in [0, 0.05) is 36.5 Å². The molecule has 0 heterocycles. The van der Waals surface area contributed by atoms with E-state index in [1.165, 1.54) is 26.5 Å². The van der Waals surface area contributed by atoms with Crippen molar-refractivity contribution < 1.29 is 24.2 Å². The number of aromatic hydroxyl groups is 1. The summed E-state index contributed by atoms with van der Waals surface area (Å²) in [6.07, 6.45) is 1.26. The Morgan fingerprint density at radius 1 is 1.07 bits per heavy atom. The van der Waals surface area contributed by atoms with E-state index in [4.69, 9.17) is 9.47 Å². The average molecular weight is 414 g/mol. The standard InChI is InChI=1S/C21H26N4O5/c1-5-25(6-2)15-8-7-14(18(26)11-15)13-22-24-21(28)20(27)23-17-12-16(29-3)9-10-19(17)30-4/h7-13,26H,5-6H2,1-4H3,(H,23,27)(H,24,28)/b22-13+. The second-order valence-corrected chi connectivity index (χ2v) is 6.13. The van der Waals surface area contributed by atoms with Gasteiger partial charge in [0.25, 0.3) is 0 Å². The Hall–Kier alpha value is -3.75. The van der Waals surface area contributed by atoms with E-state index in [9.17, 15) is 14.7 Å². The molecular weight excluding hydrogens is 388 g/mol. The largest absolute Gasteiger partial charge is 0.507 e. The number of benzene rings is 2. The fourth-order valence-electron chi connectivity index (χ4n) is 2.73. The zero-order valence-corrected chi connectivity index (χ0v) is 17.4. The number of nitrogens with one attached hydrogen (secondary N) is 2. The Labute approximate surface area is 175 Å². The molecule has 0 aliphatic heterocycles. The van der Waals surface area contributed by atoms with Crippen molar-refractivity contribution in [3.63, 3.8) is 0 Å². The SMILES string of the molecule is CCN(CC)c1ccc(/C=N/NC(=O)C(=O)Nc2cc(OC)ccc2OC)c(O)c1. The van der Waals surface area contributed by atoms with E-state index in [2.05, 4.69) is 20.7 Å². The van der Waals surface area contributed by atoms with Crippen molar-refractivity contribution in [3.8, 4) is 17.2 Å². The molecule has 2 rings (SSSR count). The fraction of sp³-hybridized carbons (Fsp3) is 0.286. The minimum Gasteiger partial charge on any atom is -0.507 e. The third-order valence-corrected chi connectivity index (χ3v) is 4.37. The van der Waals surface area contributed by atoms with Crippen LogP contribution in [0.3, 0.4) is 0 Å². The lowest BCUT2D eigenvalue weighted by Crippen LogP contribution is -2.32. The first-order valence-electron chi connectivity index (χ1n) is 9.37. The van der Waals surface area contributed by atoms with Crippen LogP contribution in [-0.4, -0.2) is 50.4 Å². The molecule has 0 aromatic heterocycles. The predicted molar refractivity (Wildman–Crippen MR) is 116 cm³/mol. The number of anilines is 2. The lowest BCUT2D eigenvalue weighted by Gasteiger charge is -2.21. The number of carbonyl (C=O) groups is 2. The Morgan fingerprint density at radius 2 is 1.80 bits per heavy atom. The molecule has 0 spiro atoms. The van der Waals surface area contributed by atoms with Crippen molar-refractivity contribution in [3.05, 3.63) is 42.0 Å². The number of amides is 2. The van der Waals surface area contributed by atoms with Gasteiger partial charge in [-0.1, -0.05) is 0 Å². The molecule has 0 bridgehead atoms. The summed E-state index contributed by atoms with van der Waals surface area (Å²) in [5, 5.41) is 16.4. The van der Waals surface area contributed by atoms with Crippen LogP contribution < -0.4 is 25.1 Å². The number of hydrogen-bond donors (Lipinski definition) is 3. The zero-order chi connectivity index (χ0) is 22.1. The first-order chi connectivity index (χ1) is 14.4. The van der Waals surface area contributed by atoms with Crippen LogP contribution in [-0.2, 0) is 9.59 Å². The number of nitrogens with zero attached hydrogens (tertiary/aromatic N) is 2. The van der Waals surface area contributed by atoms with E-state index < -0.39 is 11.8 Å². The van der Waals surface area contributed by atoms with Gasteiger partial charge < -0.3 is 24.8 Å². The Bertz CT molecular complexity index is 926. The number of carbonyl (C=O) groups excluding carboxylic acids is 2. The number of hydrogen-bond acceptors (Lipinski definition) is 7. The molecule has 3 N–H and O–H groups in total. The second-order valence-electron chi connectivity index (χ2n) is 6.13. The zero-order valence-electron chi connectivity index (χ0n) is 17.4. The highest BCUT2D eigenvalue weighted by molar-refractivity contribution is 6.39. The molecule has 2 amide bonds. The summed E-state index contributed by atoms with van der Waals surface area (Å²) in [7, 11) is 2.93. The topological polar surface area (TPSA) is 112 Å². The molecular formula is C21H26N4O5. The molecule has 30 heavy (non-hydrogen) atoms. The highest BCUT2D eigenvalue weighted by atomic mass is 16.5. The maximum absolute atomic E-state index is 12.1. The highest BCUT2D eigenvalue weighted by Gasteiger charge is 2.16. The summed E-state index contributed by atoms with van der Waals surface area (Å²) in [4.78, 5) is 26.2. The monoisotopic (exact) mass is 414 g/mol. The maximum Gasteiger partial charge on any atom is 0.329 e. The number of methoxy groups -OCH3 is 2. The summed E-state index contributed by atoms with van der Waals surface area (Å²) in [5.41, 5.74) is 3.70. The van der Waals surface area contributed by atoms with Gasteiger partial charge in [0.2, 0.25) is 0 Å². The van der Waals surface area contributed by atoms with Gasteiger partial charge in [-0.05, 0) is 38.1 Å². The van der Waals surface area contributed by atoms with Crippen LogP contribution in [0.5, 0.6) is 17.2 Å². The van der Waals surface area contributed by atoms with Gasteiger partial charge in [-0.2, -0.15) is 5.10 Å². The molecule has 0 atom stereocenters. The molecule has 9 nitrogen and oxygen atoms in total. The van der Waals surface area contributed by atoms with Crippen LogP contribution in [0.4, 0.5) is 11.4 Å². The first kappa shape index (κ1) is 22.5. The van der Waals surface area contributed by atoms with E-state index in [0.717, 1.165) is 18.8 Å². The van der Waals surface area contributed by atoms with Crippen molar-refractivity contribution >= 4 is 29.4 Å². The third kappa shape index (κ3) is 5.63. The van der Waals surface area contributed by atoms with E-state index in [1.807, 2.05) is 19.9 Å². The van der Waals surface area contributed by atoms with Crippen molar-refractivity contribution in [2.75, 3.05) is 37.5 Å².